The lowest BCUT2D eigenvalue weighted by Crippen LogP contribution is -2.07. The number of hydrogen-bond acceptors (Lipinski definition) is 4. The fourth-order valence-corrected chi connectivity index (χ4v) is 1.96. The van der Waals surface area contributed by atoms with E-state index in [1.807, 2.05) is 12.1 Å². The van der Waals surface area contributed by atoms with Gasteiger partial charge in [0.15, 0.2) is 5.78 Å². The normalized spacial score (nSPS) is 11.1. The van der Waals surface area contributed by atoms with Crippen LogP contribution in [0.3, 0.4) is 0 Å². The van der Waals surface area contributed by atoms with Crippen LogP contribution in [0.5, 0.6) is 5.75 Å². The van der Waals surface area contributed by atoms with E-state index in [2.05, 4.69) is 12.1 Å². The second kappa shape index (κ2) is 7.38. The van der Waals surface area contributed by atoms with E-state index in [9.17, 15) is 9.59 Å². The molecule has 3 N–H and O–H groups in total. The number of carboxylic acids is 1. The minimum atomic E-state index is -1.12. The molecule has 0 fully saturated rings. The molecule has 5 nitrogen and oxygen atoms in total. The van der Waals surface area contributed by atoms with Gasteiger partial charge in [-0.05, 0) is 29.3 Å². The van der Waals surface area contributed by atoms with E-state index in [4.69, 9.17) is 15.6 Å². The topological polar surface area (TPSA) is 89.6 Å². The maximum Gasteiger partial charge on any atom is 0.311 e. The number of aliphatic carboxylic acids is 1. The highest BCUT2D eigenvalue weighted by Gasteiger charge is 2.10. The molecule has 0 aromatic heterocycles. The lowest BCUT2D eigenvalue weighted by Gasteiger charge is -2.11. The first-order valence-corrected chi connectivity index (χ1v) is 6.84. The molecule has 2 aliphatic heterocycles. The van der Waals surface area contributed by atoms with Gasteiger partial charge in [0.05, 0.1) is 0 Å². The average molecular weight is 299 g/mol. The molecule has 2 bridgehead atoms. The molecule has 0 aliphatic carbocycles. The molecule has 114 valence electrons. The molecule has 2 aromatic rings. The smallest absolute Gasteiger partial charge is 0.311 e. The monoisotopic (exact) mass is 299 g/mol. The second-order valence-electron chi connectivity index (χ2n) is 4.83. The third-order valence-corrected chi connectivity index (χ3v) is 3.13. The first-order valence-electron chi connectivity index (χ1n) is 6.84. The molecule has 0 radical (unpaired) electrons. The number of carboxylic acid groups (broad SMARTS) is 1. The van der Waals surface area contributed by atoms with Gasteiger partial charge in [-0.1, -0.05) is 30.3 Å². The SMILES string of the molecule is NCc1cccc(C(=O)CC(=O)O)c1.c1cc2ccc1CO2. The maximum atomic E-state index is 11.3. The van der Waals surface area contributed by atoms with Crippen molar-refractivity contribution in [3.63, 3.8) is 0 Å². The highest BCUT2D eigenvalue weighted by Crippen LogP contribution is 2.19. The predicted octanol–water partition coefficient (Wildman–Crippen LogP) is 2.38. The number of ketones is 1. The summed E-state index contributed by atoms with van der Waals surface area (Å²) in [7, 11) is 0. The number of benzene rings is 2. The standard InChI is InChI=1S/C10H11NO3.C7H6O/c11-6-7-2-1-3-8(4-7)9(12)5-10(13)14;1-3-7-4-2-6(1)5-8-7/h1-4H,5-6,11H2,(H,13,14);1-4H,5H2. The molecule has 2 heterocycles. The second-order valence-corrected chi connectivity index (χ2v) is 4.83. The zero-order valence-electron chi connectivity index (χ0n) is 12.0. The molecule has 2 aliphatic rings. The Balaban J connectivity index is 0.000000183. The van der Waals surface area contributed by atoms with Gasteiger partial charge in [0, 0.05) is 12.1 Å². The third-order valence-electron chi connectivity index (χ3n) is 3.13. The predicted molar refractivity (Wildman–Crippen MR) is 81.7 cm³/mol. The Kier molecular flexibility index (Phi) is 5.27. The molecule has 0 spiro atoms. The van der Waals surface area contributed by atoms with Crippen molar-refractivity contribution < 1.29 is 19.4 Å². The van der Waals surface area contributed by atoms with Gasteiger partial charge in [-0.15, -0.1) is 0 Å². The van der Waals surface area contributed by atoms with Gasteiger partial charge in [0.1, 0.15) is 18.8 Å². The molecule has 4 rings (SSSR count). The van der Waals surface area contributed by atoms with Crippen LogP contribution in [0, 0.1) is 0 Å². The summed E-state index contributed by atoms with van der Waals surface area (Å²) in [6.07, 6.45) is -0.478. The number of Topliss-reactive ketones (excluding diaryl/α,β-unsaturated/α-hetero) is 1. The van der Waals surface area contributed by atoms with Gasteiger partial charge in [0.25, 0.3) is 0 Å². The summed E-state index contributed by atoms with van der Waals surface area (Å²) < 4.78 is 5.18. The van der Waals surface area contributed by atoms with Crippen LogP contribution in [0.1, 0.15) is 27.9 Å². The number of nitrogens with two attached hydrogens (primary N) is 1. The minimum absolute atomic E-state index is 0.341. The highest BCUT2D eigenvalue weighted by atomic mass is 16.5. The quantitative estimate of drug-likeness (QED) is 0.668. The van der Waals surface area contributed by atoms with Crippen LogP contribution < -0.4 is 10.5 Å². The van der Waals surface area contributed by atoms with Crippen LogP contribution in [0.2, 0.25) is 0 Å². The molecular formula is C17H17NO4. The summed E-state index contributed by atoms with van der Waals surface area (Å²) in [5, 5.41) is 8.43. The Morgan fingerprint density at radius 1 is 1.14 bits per heavy atom. The van der Waals surface area contributed by atoms with Gasteiger partial charge >= 0.3 is 5.97 Å². The van der Waals surface area contributed by atoms with E-state index in [0.29, 0.717) is 12.1 Å². The Morgan fingerprint density at radius 3 is 2.27 bits per heavy atom. The zero-order valence-corrected chi connectivity index (χ0v) is 12.0. The lowest BCUT2D eigenvalue weighted by atomic mass is 10.1. The minimum Gasteiger partial charge on any atom is -0.489 e. The fourth-order valence-electron chi connectivity index (χ4n) is 1.96. The Hall–Kier alpha value is -2.66. The first kappa shape index (κ1) is 15.7. The van der Waals surface area contributed by atoms with Crippen LogP contribution in [-0.4, -0.2) is 16.9 Å². The van der Waals surface area contributed by atoms with Crippen molar-refractivity contribution in [2.24, 2.45) is 5.73 Å². The number of carbonyl (C=O) groups excluding carboxylic acids is 1. The number of rotatable bonds is 4. The molecular weight excluding hydrogens is 282 g/mol. The van der Waals surface area contributed by atoms with Crippen LogP contribution in [0.15, 0.2) is 48.5 Å². The van der Waals surface area contributed by atoms with E-state index < -0.39 is 18.2 Å². The lowest BCUT2D eigenvalue weighted by molar-refractivity contribution is -0.135. The van der Waals surface area contributed by atoms with Crippen LogP contribution in [-0.2, 0) is 17.9 Å². The van der Waals surface area contributed by atoms with Crippen LogP contribution in [0.4, 0.5) is 0 Å². The molecule has 0 amide bonds. The molecule has 0 unspecified atom stereocenters. The van der Waals surface area contributed by atoms with E-state index >= 15 is 0 Å². The largest absolute Gasteiger partial charge is 0.489 e. The summed E-state index contributed by atoms with van der Waals surface area (Å²) in [5.74, 6) is -0.527. The third kappa shape index (κ3) is 4.43. The molecule has 22 heavy (non-hydrogen) atoms. The Bertz CT molecular complexity index is 642. The maximum absolute atomic E-state index is 11.3. The fraction of sp³-hybridized carbons (Fsp3) is 0.176. The van der Waals surface area contributed by atoms with Crippen LogP contribution in [0.25, 0.3) is 0 Å². The molecule has 2 aromatic carbocycles. The number of carbonyl (C=O) groups is 2. The van der Waals surface area contributed by atoms with Crippen LogP contribution >= 0.6 is 0 Å². The average Bonchev–Trinajstić information content (AvgIpc) is 2.57. The van der Waals surface area contributed by atoms with Gasteiger partial charge in [-0.3, -0.25) is 9.59 Å². The van der Waals surface area contributed by atoms with E-state index in [0.717, 1.165) is 17.9 Å². The van der Waals surface area contributed by atoms with Crippen molar-refractivity contribution in [1.82, 2.24) is 0 Å². The van der Waals surface area contributed by atoms with Crippen molar-refractivity contribution in [2.75, 3.05) is 0 Å². The Morgan fingerprint density at radius 2 is 1.86 bits per heavy atom. The number of ether oxygens (including phenoxy) is 1. The first-order chi connectivity index (χ1) is 10.6. The molecule has 0 atom stereocenters. The van der Waals surface area contributed by atoms with Crippen molar-refractivity contribution in [3.8, 4) is 5.75 Å². The summed E-state index contributed by atoms with van der Waals surface area (Å²) in [6, 6.07) is 14.8. The highest BCUT2D eigenvalue weighted by molar-refractivity contribution is 6.05. The molecule has 0 saturated carbocycles. The molecule has 0 saturated heterocycles. The summed E-state index contributed by atoms with van der Waals surface area (Å²) >= 11 is 0. The van der Waals surface area contributed by atoms with Crippen molar-refractivity contribution in [1.29, 1.82) is 0 Å². The Labute approximate surface area is 128 Å². The zero-order chi connectivity index (χ0) is 15.9. The van der Waals surface area contributed by atoms with Crippen molar-refractivity contribution >= 4 is 11.8 Å². The van der Waals surface area contributed by atoms with Gasteiger partial charge in [0.2, 0.25) is 0 Å². The summed E-state index contributed by atoms with van der Waals surface area (Å²) in [5.41, 5.74) is 7.88. The van der Waals surface area contributed by atoms with E-state index in [-0.39, 0.29) is 0 Å². The van der Waals surface area contributed by atoms with E-state index in [1.54, 1.807) is 24.3 Å². The van der Waals surface area contributed by atoms with Crippen molar-refractivity contribution in [3.05, 3.63) is 65.2 Å². The summed E-state index contributed by atoms with van der Waals surface area (Å²) in [6.45, 7) is 1.11. The van der Waals surface area contributed by atoms with E-state index in [1.165, 1.54) is 5.56 Å². The summed E-state index contributed by atoms with van der Waals surface area (Å²) in [4.78, 5) is 21.6. The molecule has 5 heteroatoms. The van der Waals surface area contributed by atoms with Gasteiger partial charge < -0.3 is 15.6 Å². The number of fused-ring (bicyclic) bond motifs is 3. The van der Waals surface area contributed by atoms with Gasteiger partial charge in [-0.2, -0.15) is 0 Å². The number of hydrogen-bond donors (Lipinski definition) is 2. The van der Waals surface area contributed by atoms with Crippen molar-refractivity contribution in [2.45, 2.75) is 19.6 Å². The van der Waals surface area contributed by atoms with Gasteiger partial charge in [-0.25, -0.2) is 0 Å².